The first-order valence-corrected chi connectivity index (χ1v) is 7.23. The lowest BCUT2D eigenvalue weighted by atomic mass is 9.99. The molecule has 0 bridgehead atoms. The van der Waals surface area contributed by atoms with Crippen LogP contribution in [0, 0.1) is 5.92 Å². The van der Waals surface area contributed by atoms with Gasteiger partial charge in [-0.2, -0.15) is 0 Å². The summed E-state index contributed by atoms with van der Waals surface area (Å²) in [6.45, 7) is 4.33. The van der Waals surface area contributed by atoms with Crippen molar-refractivity contribution in [1.82, 2.24) is 5.32 Å². The maximum Gasteiger partial charge on any atom is 0.0575 e. The second-order valence-corrected chi connectivity index (χ2v) is 5.50. The summed E-state index contributed by atoms with van der Waals surface area (Å²) in [6.07, 6.45) is 11.4. The van der Waals surface area contributed by atoms with Gasteiger partial charge in [0.2, 0.25) is 0 Å². The third kappa shape index (κ3) is 4.42. The van der Waals surface area contributed by atoms with Gasteiger partial charge in [-0.05, 0) is 51.0 Å². The summed E-state index contributed by atoms with van der Waals surface area (Å²) < 4.78 is 5.80. The molecule has 2 aliphatic rings. The highest BCUT2D eigenvalue weighted by Crippen LogP contribution is 2.34. The Morgan fingerprint density at radius 1 is 1.25 bits per heavy atom. The largest absolute Gasteiger partial charge is 0.378 e. The minimum atomic E-state index is 0.564. The molecule has 2 unspecified atom stereocenters. The fourth-order valence-electron chi connectivity index (χ4n) is 2.77. The van der Waals surface area contributed by atoms with Crippen molar-refractivity contribution in [3.8, 4) is 0 Å². The Morgan fingerprint density at radius 3 is 2.75 bits per heavy atom. The van der Waals surface area contributed by atoms with Crippen LogP contribution in [0.5, 0.6) is 0 Å². The molecule has 2 heteroatoms. The maximum absolute atomic E-state index is 5.80. The van der Waals surface area contributed by atoms with Crippen LogP contribution in [0.2, 0.25) is 0 Å². The van der Waals surface area contributed by atoms with E-state index in [0.29, 0.717) is 6.10 Å². The van der Waals surface area contributed by atoms with Crippen LogP contribution < -0.4 is 5.32 Å². The molecule has 0 spiro atoms. The summed E-state index contributed by atoms with van der Waals surface area (Å²) in [7, 11) is 0. The molecule has 1 aliphatic heterocycles. The van der Waals surface area contributed by atoms with Crippen LogP contribution in [0.1, 0.15) is 58.3 Å². The van der Waals surface area contributed by atoms with Crippen LogP contribution >= 0.6 is 0 Å². The van der Waals surface area contributed by atoms with E-state index in [1.54, 1.807) is 0 Å². The maximum atomic E-state index is 5.80. The Balaban J connectivity index is 1.63. The van der Waals surface area contributed by atoms with Crippen molar-refractivity contribution >= 4 is 0 Å². The molecule has 1 heterocycles. The lowest BCUT2D eigenvalue weighted by Crippen LogP contribution is -2.31. The average Bonchev–Trinajstić information content (AvgIpc) is 3.12. The Morgan fingerprint density at radius 2 is 2.12 bits per heavy atom. The van der Waals surface area contributed by atoms with Crippen LogP contribution in [0.15, 0.2) is 0 Å². The third-order valence-electron chi connectivity index (χ3n) is 3.92. The summed E-state index contributed by atoms with van der Waals surface area (Å²) in [4.78, 5) is 0. The van der Waals surface area contributed by atoms with Gasteiger partial charge in [-0.25, -0.2) is 0 Å². The standard InChI is InChI=1S/C14H27NO/c1-2-15-13(11-12-6-7-12)8-9-14-5-3-4-10-16-14/h12-15H,2-11H2,1H3. The smallest absolute Gasteiger partial charge is 0.0575 e. The zero-order valence-corrected chi connectivity index (χ0v) is 10.7. The highest BCUT2D eigenvalue weighted by molar-refractivity contribution is 4.81. The van der Waals surface area contributed by atoms with E-state index in [2.05, 4.69) is 12.2 Å². The van der Waals surface area contributed by atoms with Crippen molar-refractivity contribution in [2.45, 2.75) is 70.4 Å². The van der Waals surface area contributed by atoms with Gasteiger partial charge in [0.05, 0.1) is 6.10 Å². The summed E-state index contributed by atoms with van der Waals surface area (Å²) in [5.74, 6) is 1.04. The topological polar surface area (TPSA) is 21.3 Å². The van der Waals surface area contributed by atoms with Crippen molar-refractivity contribution in [2.75, 3.05) is 13.2 Å². The first-order valence-electron chi connectivity index (χ1n) is 7.23. The van der Waals surface area contributed by atoms with E-state index in [4.69, 9.17) is 4.74 Å². The molecule has 1 aliphatic carbocycles. The van der Waals surface area contributed by atoms with Crippen LogP contribution in [0.3, 0.4) is 0 Å². The Bertz CT molecular complexity index is 185. The Kier molecular flexibility index (Phi) is 5.11. The summed E-state index contributed by atoms with van der Waals surface area (Å²) >= 11 is 0. The molecule has 2 rings (SSSR count). The molecule has 0 aromatic heterocycles. The van der Waals surface area contributed by atoms with E-state index in [1.165, 1.54) is 51.4 Å². The molecule has 2 atom stereocenters. The van der Waals surface area contributed by atoms with E-state index >= 15 is 0 Å². The van der Waals surface area contributed by atoms with Crippen LogP contribution in [0.25, 0.3) is 0 Å². The molecule has 0 radical (unpaired) electrons. The lowest BCUT2D eigenvalue weighted by molar-refractivity contribution is 0.00838. The fraction of sp³-hybridized carbons (Fsp3) is 1.00. The highest BCUT2D eigenvalue weighted by atomic mass is 16.5. The minimum absolute atomic E-state index is 0.564. The highest BCUT2D eigenvalue weighted by Gasteiger charge is 2.25. The summed E-state index contributed by atoms with van der Waals surface area (Å²) in [6, 6.07) is 0.753. The average molecular weight is 225 g/mol. The zero-order valence-electron chi connectivity index (χ0n) is 10.7. The van der Waals surface area contributed by atoms with E-state index in [9.17, 15) is 0 Å². The molecule has 0 amide bonds. The van der Waals surface area contributed by atoms with Gasteiger partial charge in [-0.3, -0.25) is 0 Å². The molecule has 1 saturated carbocycles. The molecular weight excluding hydrogens is 198 g/mol. The van der Waals surface area contributed by atoms with Gasteiger partial charge in [0, 0.05) is 12.6 Å². The van der Waals surface area contributed by atoms with E-state index in [1.807, 2.05) is 0 Å². The number of rotatable bonds is 7. The van der Waals surface area contributed by atoms with Crippen molar-refractivity contribution in [1.29, 1.82) is 0 Å². The third-order valence-corrected chi connectivity index (χ3v) is 3.92. The molecule has 2 nitrogen and oxygen atoms in total. The number of hydrogen-bond acceptors (Lipinski definition) is 2. The van der Waals surface area contributed by atoms with Crippen molar-refractivity contribution in [3.63, 3.8) is 0 Å². The second kappa shape index (κ2) is 6.61. The fourth-order valence-corrected chi connectivity index (χ4v) is 2.77. The van der Waals surface area contributed by atoms with Crippen LogP contribution in [-0.2, 0) is 4.74 Å². The number of ether oxygens (including phenoxy) is 1. The van der Waals surface area contributed by atoms with Crippen LogP contribution in [0.4, 0.5) is 0 Å². The van der Waals surface area contributed by atoms with Gasteiger partial charge >= 0.3 is 0 Å². The number of hydrogen-bond donors (Lipinski definition) is 1. The quantitative estimate of drug-likeness (QED) is 0.719. The van der Waals surface area contributed by atoms with E-state index in [-0.39, 0.29) is 0 Å². The zero-order chi connectivity index (χ0) is 11.2. The van der Waals surface area contributed by atoms with Crippen molar-refractivity contribution < 1.29 is 4.74 Å². The van der Waals surface area contributed by atoms with Gasteiger partial charge in [-0.1, -0.05) is 19.8 Å². The van der Waals surface area contributed by atoms with E-state index < -0.39 is 0 Å². The lowest BCUT2D eigenvalue weighted by Gasteiger charge is -2.25. The molecule has 2 fully saturated rings. The molecule has 0 aromatic carbocycles. The predicted molar refractivity (Wildman–Crippen MR) is 67.6 cm³/mol. The van der Waals surface area contributed by atoms with Gasteiger partial charge < -0.3 is 10.1 Å². The molecule has 1 N–H and O–H groups in total. The molecule has 16 heavy (non-hydrogen) atoms. The second-order valence-electron chi connectivity index (χ2n) is 5.50. The number of nitrogens with one attached hydrogen (secondary N) is 1. The predicted octanol–water partition coefficient (Wildman–Crippen LogP) is 3.11. The molecular formula is C14H27NO. The molecule has 0 aromatic rings. The minimum Gasteiger partial charge on any atom is -0.378 e. The van der Waals surface area contributed by atoms with Gasteiger partial charge in [0.1, 0.15) is 0 Å². The Hall–Kier alpha value is -0.0800. The van der Waals surface area contributed by atoms with Gasteiger partial charge in [0.15, 0.2) is 0 Å². The van der Waals surface area contributed by atoms with E-state index in [0.717, 1.165) is 25.1 Å². The molecule has 1 saturated heterocycles. The monoisotopic (exact) mass is 225 g/mol. The van der Waals surface area contributed by atoms with Crippen molar-refractivity contribution in [2.24, 2.45) is 5.92 Å². The SMILES string of the molecule is CCNC(CCC1CCCCO1)CC1CC1. The normalized spacial score (nSPS) is 27.9. The van der Waals surface area contributed by atoms with Crippen LogP contribution in [-0.4, -0.2) is 25.3 Å². The first-order chi connectivity index (χ1) is 7.88. The first kappa shape index (κ1) is 12.4. The molecule has 94 valence electrons. The Labute approximate surface area is 100 Å². The van der Waals surface area contributed by atoms with Gasteiger partial charge in [0.25, 0.3) is 0 Å². The summed E-state index contributed by atoms with van der Waals surface area (Å²) in [5, 5.41) is 3.64. The van der Waals surface area contributed by atoms with Crippen molar-refractivity contribution in [3.05, 3.63) is 0 Å². The van der Waals surface area contributed by atoms with Gasteiger partial charge in [-0.15, -0.1) is 0 Å². The summed E-state index contributed by atoms with van der Waals surface area (Å²) in [5.41, 5.74) is 0.